The summed E-state index contributed by atoms with van der Waals surface area (Å²) < 4.78 is 59.7. The van der Waals surface area contributed by atoms with E-state index in [2.05, 4.69) is 88.0 Å². The molecular weight excluding hydrogens is 816 g/mol. The van der Waals surface area contributed by atoms with Gasteiger partial charge in [0.25, 0.3) is 0 Å². The Kier molecular flexibility index (Phi) is 7.68. The zero-order valence-electron chi connectivity index (χ0n) is 34.5. The van der Waals surface area contributed by atoms with Crippen molar-refractivity contribution >= 4 is 87.5 Å². The summed E-state index contributed by atoms with van der Waals surface area (Å²) in [5.74, 6) is 0. The van der Waals surface area contributed by atoms with E-state index in [-0.39, 0.29) is 0 Å². The van der Waals surface area contributed by atoms with E-state index in [4.69, 9.17) is 8.83 Å². The molecular formula is C57H32F3N3O2. The Balaban J connectivity index is 1.15. The molecule has 65 heavy (non-hydrogen) atoms. The molecule has 0 aliphatic heterocycles. The van der Waals surface area contributed by atoms with Crippen LogP contribution in [0.2, 0.25) is 0 Å². The number of fused-ring (bicyclic) bond motifs is 14. The molecule has 0 saturated carbocycles. The molecule has 9 aromatic carbocycles. The summed E-state index contributed by atoms with van der Waals surface area (Å²) in [5.41, 5.74) is 11.8. The topological polar surface area (TPSA) is 59.9 Å². The van der Waals surface area contributed by atoms with Gasteiger partial charge >= 0.3 is 6.18 Å². The molecule has 0 aliphatic rings. The van der Waals surface area contributed by atoms with Gasteiger partial charge in [0.1, 0.15) is 22.3 Å². The molecule has 0 atom stereocenters. The quantitative estimate of drug-likeness (QED) is 0.177. The van der Waals surface area contributed by atoms with Crippen LogP contribution in [-0.4, -0.2) is 9.13 Å². The molecule has 5 nitrogen and oxygen atoms in total. The third-order valence-corrected chi connectivity index (χ3v) is 13.1. The van der Waals surface area contributed by atoms with Crippen molar-refractivity contribution < 1.29 is 22.0 Å². The van der Waals surface area contributed by atoms with Crippen LogP contribution in [0.25, 0.3) is 121 Å². The molecule has 0 aliphatic carbocycles. The highest BCUT2D eigenvalue weighted by molar-refractivity contribution is 6.25. The van der Waals surface area contributed by atoms with E-state index in [9.17, 15) is 18.4 Å². The molecule has 0 amide bonds. The summed E-state index contributed by atoms with van der Waals surface area (Å²) in [6, 6.07) is 59.2. The first-order valence-electron chi connectivity index (χ1n) is 21.3. The number of hydrogen-bond acceptors (Lipinski definition) is 3. The van der Waals surface area contributed by atoms with Crippen molar-refractivity contribution in [1.82, 2.24) is 9.13 Å². The van der Waals surface area contributed by atoms with E-state index in [1.165, 1.54) is 6.07 Å². The fourth-order valence-electron chi connectivity index (χ4n) is 10.3. The van der Waals surface area contributed by atoms with Crippen LogP contribution in [0.15, 0.2) is 185 Å². The van der Waals surface area contributed by atoms with Crippen molar-refractivity contribution in [3.63, 3.8) is 0 Å². The Hall–Kier alpha value is -8.54. The summed E-state index contributed by atoms with van der Waals surface area (Å²) in [6.07, 6.45) is -4.48. The second kappa shape index (κ2) is 13.5. The lowest BCUT2D eigenvalue weighted by atomic mass is 9.92. The van der Waals surface area contributed by atoms with Crippen LogP contribution in [-0.2, 0) is 6.18 Å². The van der Waals surface area contributed by atoms with Gasteiger partial charge in [-0.1, -0.05) is 91.0 Å². The molecule has 0 unspecified atom stereocenters. The minimum absolute atomic E-state index is 0.472. The zero-order chi connectivity index (χ0) is 43.7. The number of aryl methyl sites for hydroxylation is 1. The maximum Gasteiger partial charge on any atom is 0.416 e. The predicted molar refractivity (Wildman–Crippen MR) is 255 cm³/mol. The zero-order valence-corrected chi connectivity index (χ0v) is 34.5. The fraction of sp³-hybridized carbons (Fsp3) is 0.0351. The lowest BCUT2D eigenvalue weighted by molar-refractivity contribution is -0.137. The Morgan fingerprint density at radius 1 is 0.462 bits per heavy atom. The average Bonchev–Trinajstić information content (AvgIpc) is 4.08. The van der Waals surface area contributed by atoms with Crippen LogP contribution in [0.1, 0.15) is 16.7 Å². The largest absolute Gasteiger partial charge is 0.455 e. The smallest absolute Gasteiger partial charge is 0.416 e. The van der Waals surface area contributed by atoms with E-state index in [0.717, 1.165) is 122 Å². The van der Waals surface area contributed by atoms with Gasteiger partial charge in [-0.25, -0.2) is 0 Å². The maximum atomic E-state index is 14.0. The number of nitriles is 1. The van der Waals surface area contributed by atoms with E-state index < -0.39 is 11.7 Å². The van der Waals surface area contributed by atoms with Crippen molar-refractivity contribution in [3.8, 4) is 39.7 Å². The number of para-hydroxylation sites is 4. The van der Waals surface area contributed by atoms with E-state index in [0.29, 0.717) is 16.7 Å². The Labute approximate surface area is 368 Å². The highest BCUT2D eigenvalue weighted by Crippen LogP contribution is 2.47. The van der Waals surface area contributed by atoms with Crippen LogP contribution < -0.4 is 0 Å². The first kappa shape index (κ1) is 37.1. The third kappa shape index (κ3) is 5.33. The minimum Gasteiger partial charge on any atom is -0.455 e. The number of nitrogens with zero attached hydrogens (tertiary/aromatic N) is 3. The first-order chi connectivity index (χ1) is 31.7. The van der Waals surface area contributed by atoms with Crippen LogP contribution in [0.4, 0.5) is 13.2 Å². The second-order valence-corrected chi connectivity index (χ2v) is 16.7. The van der Waals surface area contributed by atoms with Gasteiger partial charge in [0.2, 0.25) is 0 Å². The standard InChI is InChI=1S/C57H32F3N3O2/c1-32-28-35(57(58,59)60)20-22-36(32)34-19-25-47(62-45-14-6-2-12-42(45)53-48(62)26-23-40-38-10-4-8-16-51(38)64-55(40)53)44(30-34)37-21-18-33(31-61)29-50(37)63-46-15-7-3-13-43(46)54-49(63)27-24-41-39-11-5-9-17-52(39)65-56(41)54/h2-30H,1H3. The van der Waals surface area contributed by atoms with Crippen molar-refractivity contribution in [2.24, 2.45) is 0 Å². The third-order valence-electron chi connectivity index (χ3n) is 13.1. The number of benzene rings is 9. The molecule has 0 bridgehead atoms. The number of alkyl halides is 3. The molecule has 0 N–H and O–H groups in total. The number of rotatable bonds is 4. The maximum absolute atomic E-state index is 14.0. The summed E-state index contributed by atoms with van der Waals surface area (Å²) in [6.45, 7) is 1.72. The Bertz CT molecular complexity index is 4210. The fourth-order valence-corrected chi connectivity index (χ4v) is 10.3. The van der Waals surface area contributed by atoms with Gasteiger partial charge in [-0.15, -0.1) is 0 Å². The molecule has 4 heterocycles. The molecule has 0 saturated heterocycles. The highest BCUT2D eigenvalue weighted by atomic mass is 19.4. The van der Waals surface area contributed by atoms with Crippen LogP contribution >= 0.6 is 0 Å². The molecule has 8 heteroatoms. The molecule has 308 valence electrons. The molecule has 13 aromatic rings. The van der Waals surface area contributed by atoms with E-state index in [1.807, 2.05) is 84.9 Å². The summed E-state index contributed by atoms with van der Waals surface area (Å²) in [5, 5.41) is 18.5. The normalized spacial score (nSPS) is 12.3. The van der Waals surface area contributed by atoms with Crippen molar-refractivity contribution in [3.05, 3.63) is 193 Å². The van der Waals surface area contributed by atoms with Gasteiger partial charge in [-0.3, -0.25) is 0 Å². The summed E-state index contributed by atoms with van der Waals surface area (Å²) in [7, 11) is 0. The highest BCUT2D eigenvalue weighted by Gasteiger charge is 2.31. The van der Waals surface area contributed by atoms with Crippen LogP contribution in [0.3, 0.4) is 0 Å². The first-order valence-corrected chi connectivity index (χ1v) is 21.3. The van der Waals surface area contributed by atoms with Gasteiger partial charge in [0.15, 0.2) is 0 Å². The van der Waals surface area contributed by atoms with Gasteiger partial charge in [-0.05, 0) is 109 Å². The second-order valence-electron chi connectivity index (χ2n) is 16.7. The minimum atomic E-state index is -4.48. The Morgan fingerprint density at radius 2 is 1.00 bits per heavy atom. The van der Waals surface area contributed by atoms with E-state index in [1.54, 1.807) is 13.0 Å². The van der Waals surface area contributed by atoms with Gasteiger partial charge in [0.05, 0.1) is 61.4 Å². The van der Waals surface area contributed by atoms with Crippen LogP contribution in [0, 0.1) is 18.3 Å². The predicted octanol–water partition coefficient (Wildman–Crippen LogP) is 16.2. The van der Waals surface area contributed by atoms with Gasteiger partial charge < -0.3 is 18.0 Å². The lowest BCUT2D eigenvalue weighted by Gasteiger charge is -2.20. The van der Waals surface area contributed by atoms with Crippen molar-refractivity contribution in [2.45, 2.75) is 13.1 Å². The molecule has 0 spiro atoms. The molecule has 0 radical (unpaired) electrons. The SMILES string of the molecule is Cc1cc(C(F)(F)F)ccc1-c1ccc(-n2c3ccccc3c3c4oc5ccccc5c4ccc32)c(-c2ccc(C#N)cc2-n2c3ccccc3c3c4oc5ccccc5c4ccc32)c1. The van der Waals surface area contributed by atoms with E-state index >= 15 is 0 Å². The Morgan fingerprint density at radius 3 is 1.57 bits per heavy atom. The average molecular weight is 848 g/mol. The number of aromatic nitrogens is 2. The number of halogens is 3. The lowest BCUT2D eigenvalue weighted by Crippen LogP contribution is -2.05. The number of hydrogen-bond donors (Lipinski definition) is 0. The number of furan rings is 2. The molecule has 13 rings (SSSR count). The molecule has 4 aromatic heterocycles. The van der Waals surface area contributed by atoms with Crippen LogP contribution in [0.5, 0.6) is 0 Å². The summed E-state index contributed by atoms with van der Waals surface area (Å²) >= 11 is 0. The van der Waals surface area contributed by atoms with Crippen molar-refractivity contribution in [2.75, 3.05) is 0 Å². The molecule has 0 fully saturated rings. The van der Waals surface area contributed by atoms with Crippen molar-refractivity contribution in [1.29, 1.82) is 5.26 Å². The van der Waals surface area contributed by atoms with Gasteiger partial charge in [-0.2, -0.15) is 18.4 Å². The summed E-state index contributed by atoms with van der Waals surface area (Å²) in [4.78, 5) is 0. The van der Waals surface area contributed by atoms with Gasteiger partial charge in [0, 0.05) is 43.4 Å². The monoisotopic (exact) mass is 847 g/mol.